The Labute approximate surface area is 139 Å². The maximum absolute atomic E-state index is 6.34. The highest BCUT2D eigenvalue weighted by Gasteiger charge is 2.50. The minimum absolute atomic E-state index is 0. The molecule has 3 nitrogen and oxygen atoms in total. The van der Waals surface area contributed by atoms with E-state index >= 15 is 0 Å². The Bertz CT molecular complexity index is 560. The van der Waals surface area contributed by atoms with Crippen LogP contribution in [0.3, 0.4) is 0 Å². The predicted molar refractivity (Wildman–Crippen MR) is 84.8 cm³/mol. The van der Waals surface area contributed by atoms with Gasteiger partial charge in [-0.15, -0.1) is 0 Å². The molecule has 0 spiro atoms. The summed E-state index contributed by atoms with van der Waals surface area (Å²) < 4.78 is 12.8. The molecule has 0 aliphatic rings. The van der Waals surface area contributed by atoms with Gasteiger partial charge in [-0.1, -0.05) is 36.4 Å². The number of halogens is 1. The normalized spacial score (nSPS) is 13.8. The van der Waals surface area contributed by atoms with E-state index < -0.39 is 5.91 Å². The van der Waals surface area contributed by atoms with Gasteiger partial charge in [-0.25, -0.2) is 0 Å². The molecule has 0 aromatic heterocycles. The van der Waals surface area contributed by atoms with Crippen molar-refractivity contribution in [1.29, 1.82) is 0 Å². The highest BCUT2D eigenvalue weighted by Crippen LogP contribution is 2.36. The first-order valence-corrected chi connectivity index (χ1v) is 7.23. The summed E-state index contributed by atoms with van der Waals surface area (Å²) in [5.74, 6) is -0.0833. The zero-order valence-electron chi connectivity index (χ0n) is 13.6. The van der Waals surface area contributed by atoms with Gasteiger partial charge >= 0.3 is 5.91 Å². The first-order valence-electron chi connectivity index (χ1n) is 7.23. The maximum Gasteiger partial charge on any atom is 0.389 e. The number of quaternary nitrogens is 1. The van der Waals surface area contributed by atoms with Gasteiger partial charge in [-0.05, 0) is 31.2 Å². The second-order valence-electron chi connectivity index (χ2n) is 5.57. The van der Waals surface area contributed by atoms with Crippen LogP contribution in [0, 0.1) is 0 Å². The summed E-state index contributed by atoms with van der Waals surface area (Å²) in [5.41, 5.74) is 1.00. The molecule has 0 saturated heterocycles. The number of methoxy groups -OCH3 is 1. The molecule has 0 radical (unpaired) electrons. The molecule has 0 fully saturated rings. The summed E-state index contributed by atoms with van der Waals surface area (Å²) in [5, 5.41) is 0. The zero-order valence-corrected chi connectivity index (χ0v) is 14.4. The van der Waals surface area contributed by atoms with Crippen LogP contribution in [0.2, 0.25) is 0 Å². The molecule has 0 aliphatic carbocycles. The average molecular weight is 322 g/mol. The molecule has 0 bridgehead atoms. The van der Waals surface area contributed by atoms with Gasteiger partial charge in [0, 0.05) is 7.11 Å². The summed E-state index contributed by atoms with van der Waals surface area (Å²) in [6.07, 6.45) is 0. The molecule has 2 aromatic rings. The van der Waals surface area contributed by atoms with Crippen LogP contribution >= 0.6 is 0 Å². The van der Waals surface area contributed by atoms with Crippen LogP contribution in [0.5, 0.6) is 5.75 Å². The van der Waals surface area contributed by atoms with Crippen molar-refractivity contribution in [3.8, 4) is 5.75 Å². The molecule has 1 unspecified atom stereocenters. The average Bonchev–Trinajstić information content (AvgIpc) is 2.54. The van der Waals surface area contributed by atoms with Gasteiger partial charge in [0.05, 0.1) is 26.2 Å². The summed E-state index contributed by atoms with van der Waals surface area (Å²) in [6.45, 7) is 3.00. The summed E-state index contributed by atoms with van der Waals surface area (Å²) in [7, 11) is 5.92. The topological polar surface area (TPSA) is 18.5 Å². The van der Waals surface area contributed by atoms with E-state index in [1.54, 1.807) is 7.11 Å². The minimum Gasteiger partial charge on any atom is -1.00 e. The first-order chi connectivity index (χ1) is 10.1. The molecule has 4 heteroatoms. The fourth-order valence-corrected chi connectivity index (χ4v) is 2.44. The van der Waals surface area contributed by atoms with Crippen molar-refractivity contribution in [2.45, 2.75) is 12.8 Å². The van der Waals surface area contributed by atoms with Crippen LogP contribution in [-0.4, -0.2) is 32.2 Å². The standard InChI is InChI=1S/C18H24NO2.ClH/c1-5-19(2,3)18(20-4,16-12-8-6-9-13-16)21-17-14-10-7-11-15-17;/h6-15H,5H2,1-4H3;1H/q+1;/p-1. The van der Waals surface area contributed by atoms with Gasteiger partial charge in [0.15, 0.2) is 0 Å². The molecule has 22 heavy (non-hydrogen) atoms. The molecule has 0 amide bonds. The van der Waals surface area contributed by atoms with Crippen LogP contribution in [0.15, 0.2) is 60.7 Å². The van der Waals surface area contributed by atoms with Crippen LogP contribution in [0.1, 0.15) is 12.5 Å². The van der Waals surface area contributed by atoms with Gasteiger partial charge < -0.3 is 17.1 Å². The first kappa shape index (κ1) is 18.5. The Morgan fingerprint density at radius 1 is 0.909 bits per heavy atom. The van der Waals surface area contributed by atoms with Crippen molar-refractivity contribution in [3.05, 3.63) is 66.2 Å². The van der Waals surface area contributed by atoms with E-state index in [9.17, 15) is 0 Å². The fraction of sp³-hybridized carbons (Fsp3) is 0.333. The molecule has 0 aliphatic heterocycles. The number of ether oxygens (including phenoxy) is 2. The van der Waals surface area contributed by atoms with Gasteiger partial charge in [-0.3, -0.25) is 9.22 Å². The Balaban J connectivity index is 0.00000242. The smallest absolute Gasteiger partial charge is 0.389 e. The van der Waals surface area contributed by atoms with Gasteiger partial charge in [-0.2, -0.15) is 0 Å². The van der Waals surface area contributed by atoms with Crippen LogP contribution < -0.4 is 17.1 Å². The third-order valence-electron chi connectivity index (χ3n) is 4.00. The Hall–Kier alpha value is -1.55. The number of para-hydroxylation sites is 1. The third kappa shape index (κ3) is 3.43. The van der Waals surface area contributed by atoms with E-state index in [4.69, 9.17) is 9.47 Å². The minimum atomic E-state index is -0.878. The Morgan fingerprint density at radius 2 is 1.41 bits per heavy atom. The van der Waals surface area contributed by atoms with E-state index in [0.717, 1.165) is 17.9 Å². The molecule has 2 rings (SSSR count). The van der Waals surface area contributed by atoms with Crippen LogP contribution in [0.4, 0.5) is 0 Å². The number of hydrogen-bond acceptors (Lipinski definition) is 2. The van der Waals surface area contributed by atoms with Crippen molar-refractivity contribution in [3.63, 3.8) is 0 Å². The molecule has 1 atom stereocenters. The second kappa shape index (κ2) is 7.63. The summed E-state index contributed by atoms with van der Waals surface area (Å²) in [4.78, 5) is 0. The monoisotopic (exact) mass is 321 g/mol. The number of hydrogen-bond donors (Lipinski definition) is 0. The van der Waals surface area contributed by atoms with Crippen molar-refractivity contribution in [2.75, 3.05) is 27.7 Å². The number of benzene rings is 2. The SMILES string of the molecule is CC[N+](C)(C)C(OC)(Oc1ccccc1)c1ccccc1.[Cl-]. The van der Waals surface area contributed by atoms with Crippen molar-refractivity contribution in [2.24, 2.45) is 0 Å². The molecule has 2 aromatic carbocycles. The highest BCUT2D eigenvalue weighted by molar-refractivity contribution is 5.25. The van der Waals surface area contributed by atoms with Crippen molar-refractivity contribution >= 4 is 0 Å². The van der Waals surface area contributed by atoms with E-state index in [0.29, 0.717) is 4.48 Å². The fourth-order valence-electron chi connectivity index (χ4n) is 2.44. The summed E-state index contributed by atoms with van der Waals surface area (Å²) in [6, 6.07) is 19.9. The van der Waals surface area contributed by atoms with Gasteiger partial charge in [0.25, 0.3) is 0 Å². The largest absolute Gasteiger partial charge is 1.00 e. The quantitative estimate of drug-likeness (QED) is 0.574. The van der Waals surface area contributed by atoms with Gasteiger partial charge in [0.2, 0.25) is 0 Å². The number of nitrogens with zero attached hydrogens (tertiary/aromatic N) is 1. The lowest BCUT2D eigenvalue weighted by atomic mass is 10.1. The molecule has 0 N–H and O–H groups in total. The van der Waals surface area contributed by atoms with Gasteiger partial charge in [0.1, 0.15) is 5.75 Å². The maximum atomic E-state index is 6.34. The van der Waals surface area contributed by atoms with E-state index in [2.05, 4.69) is 21.0 Å². The zero-order chi connectivity index (χ0) is 15.3. The second-order valence-corrected chi connectivity index (χ2v) is 5.57. The lowest BCUT2D eigenvalue weighted by Gasteiger charge is -2.45. The van der Waals surface area contributed by atoms with Crippen molar-refractivity contribution < 1.29 is 26.4 Å². The van der Waals surface area contributed by atoms with E-state index in [1.165, 1.54) is 0 Å². The molecule has 0 heterocycles. The molecular formula is C18H24ClNO2. The molecule has 120 valence electrons. The third-order valence-corrected chi connectivity index (χ3v) is 4.00. The highest BCUT2D eigenvalue weighted by atomic mass is 35.5. The molecule has 0 saturated carbocycles. The lowest BCUT2D eigenvalue weighted by molar-refractivity contribution is -0.999. The molecular weight excluding hydrogens is 298 g/mol. The van der Waals surface area contributed by atoms with Crippen LogP contribution in [0.25, 0.3) is 0 Å². The van der Waals surface area contributed by atoms with Crippen LogP contribution in [-0.2, 0) is 10.6 Å². The Kier molecular flexibility index (Phi) is 6.42. The lowest BCUT2D eigenvalue weighted by Crippen LogP contribution is -3.00. The van der Waals surface area contributed by atoms with E-state index in [-0.39, 0.29) is 12.4 Å². The number of rotatable bonds is 6. The van der Waals surface area contributed by atoms with E-state index in [1.807, 2.05) is 60.7 Å². The summed E-state index contributed by atoms with van der Waals surface area (Å²) >= 11 is 0. The Morgan fingerprint density at radius 3 is 1.86 bits per heavy atom. The van der Waals surface area contributed by atoms with Crippen molar-refractivity contribution in [1.82, 2.24) is 0 Å². The predicted octanol–water partition coefficient (Wildman–Crippen LogP) is 0.623.